The number of nitrogens with zero attached hydrogens (tertiary/aromatic N) is 1. The van der Waals surface area contributed by atoms with Gasteiger partial charge in [0.25, 0.3) is 0 Å². The van der Waals surface area contributed by atoms with E-state index in [1.54, 1.807) is 0 Å². The molecule has 0 bridgehead atoms. The molecule has 4 rings (SSSR count). The minimum Gasteiger partial charge on any atom is -0.373 e. The van der Waals surface area contributed by atoms with Crippen molar-refractivity contribution >= 4 is 22.5 Å². The molecule has 4 N–H and O–H groups in total. The molecular weight excluding hydrogens is 466 g/mol. The number of aliphatic hydroxyl groups is 1. The average Bonchev–Trinajstić information content (AvgIpc) is 2.74. The minimum atomic E-state index is -4.64. The van der Waals surface area contributed by atoms with Crippen LogP contribution >= 0.6 is 11.6 Å². The number of aliphatic hydroxyl groups excluding tert-OH is 1. The zero-order valence-corrected chi connectivity index (χ0v) is 18.0. The van der Waals surface area contributed by atoms with E-state index in [9.17, 15) is 27.5 Å². The third kappa shape index (κ3) is 4.23. The SMILES string of the molecule is C[C@]1(C(F)(F)F)C[C@@H](c2ccc(F)c(Cl)c2)[C@H](c2cc(=O)c3c(C(N)O)nccc3[nH]2)CO1. The highest BCUT2D eigenvalue weighted by Crippen LogP contribution is 2.50. The van der Waals surface area contributed by atoms with Crippen molar-refractivity contribution in [1.29, 1.82) is 0 Å². The van der Waals surface area contributed by atoms with Gasteiger partial charge in [-0.1, -0.05) is 17.7 Å². The van der Waals surface area contributed by atoms with Crippen LogP contribution in [0.1, 0.15) is 48.4 Å². The molecule has 6 nitrogen and oxygen atoms in total. The Labute approximate surface area is 190 Å². The summed E-state index contributed by atoms with van der Waals surface area (Å²) < 4.78 is 60.3. The summed E-state index contributed by atoms with van der Waals surface area (Å²) in [4.78, 5) is 19.9. The van der Waals surface area contributed by atoms with E-state index in [2.05, 4.69) is 9.97 Å². The Balaban J connectivity index is 1.85. The van der Waals surface area contributed by atoms with Gasteiger partial charge in [-0.25, -0.2) is 4.39 Å². The summed E-state index contributed by atoms with van der Waals surface area (Å²) in [5.41, 5.74) is 3.55. The number of aromatic nitrogens is 2. The summed E-state index contributed by atoms with van der Waals surface area (Å²) in [7, 11) is 0. The fraction of sp³-hybridized carbons (Fsp3) is 0.364. The van der Waals surface area contributed by atoms with E-state index >= 15 is 0 Å². The predicted octanol–water partition coefficient (Wildman–Crippen LogP) is 4.27. The van der Waals surface area contributed by atoms with Gasteiger partial charge in [0.15, 0.2) is 11.0 Å². The number of hydrogen-bond acceptors (Lipinski definition) is 5. The summed E-state index contributed by atoms with van der Waals surface area (Å²) in [6.07, 6.45) is -5.25. The van der Waals surface area contributed by atoms with Crippen molar-refractivity contribution in [3.8, 4) is 0 Å². The molecule has 176 valence electrons. The molecule has 1 fully saturated rings. The predicted molar refractivity (Wildman–Crippen MR) is 113 cm³/mol. The molecule has 0 radical (unpaired) electrons. The monoisotopic (exact) mass is 485 g/mol. The molecule has 0 spiro atoms. The van der Waals surface area contributed by atoms with Crippen molar-refractivity contribution in [2.75, 3.05) is 6.61 Å². The Kier molecular flexibility index (Phi) is 5.98. The molecular formula is C22H20ClF4N3O3. The number of halogens is 5. The summed E-state index contributed by atoms with van der Waals surface area (Å²) in [6, 6.07) is 6.51. The Hall–Kier alpha value is -2.53. The maximum absolute atomic E-state index is 13.8. The van der Waals surface area contributed by atoms with Crippen molar-refractivity contribution in [2.24, 2.45) is 5.73 Å². The topological polar surface area (TPSA) is 101 Å². The second-order valence-corrected chi connectivity index (χ2v) is 8.69. The minimum absolute atomic E-state index is 0.0216. The standard InChI is InChI=1S/C22H20ClF4N3O3/c1-21(22(25,26)27)8-11(10-2-3-14(24)13(23)6-10)12(9-33-21)16-7-17(31)18-15(30-16)4-5-29-19(18)20(28)32/h2-7,11-12,20,32H,8-9,28H2,1H3,(H,30,31)/t11-,12+,20?,21+/m0/s1. The van der Waals surface area contributed by atoms with Crippen LogP contribution in [0.5, 0.6) is 0 Å². The maximum Gasteiger partial charge on any atom is 0.417 e. The van der Waals surface area contributed by atoms with Crippen molar-refractivity contribution in [3.05, 3.63) is 74.5 Å². The molecule has 1 aliphatic heterocycles. The van der Waals surface area contributed by atoms with Gasteiger partial charge in [0.2, 0.25) is 0 Å². The molecule has 1 aromatic carbocycles. The van der Waals surface area contributed by atoms with Crippen LogP contribution in [0.15, 0.2) is 41.3 Å². The van der Waals surface area contributed by atoms with Crippen LogP contribution < -0.4 is 11.2 Å². The molecule has 1 aliphatic rings. The zero-order valence-electron chi connectivity index (χ0n) is 17.3. The molecule has 1 saturated heterocycles. The number of ether oxygens (including phenoxy) is 1. The zero-order chi connectivity index (χ0) is 24.1. The summed E-state index contributed by atoms with van der Waals surface area (Å²) in [5, 5.41) is 9.59. The van der Waals surface area contributed by atoms with Crippen LogP contribution in [0.2, 0.25) is 5.02 Å². The second-order valence-electron chi connectivity index (χ2n) is 8.28. The molecule has 3 heterocycles. The van der Waals surface area contributed by atoms with E-state index in [1.165, 1.54) is 30.5 Å². The average molecular weight is 486 g/mol. The quantitative estimate of drug-likeness (QED) is 0.380. The number of pyridine rings is 2. The first-order valence-electron chi connectivity index (χ1n) is 10.0. The van der Waals surface area contributed by atoms with Crippen LogP contribution in [-0.2, 0) is 4.74 Å². The van der Waals surface area contributed by atoms with Gasteiger partial charge < -0.3 is 20.6 Å². The first-order valence-corrected chi connectivity index (χ1v) is 10.4. The first-order chi connectivity index (χ1) is 15.4. The smallest absolute Gasteiger partial charge is 0.373 e. The third-order valence-electron chi connectivity index (χ3n) is 6.12. The Bertz CT molecular complexity index is 1260. The highest BCUT2D eigenvalue weighted by Gasteiger charge is 2.56. The van der Waals surface area contributed by atoms with Crippen molar-refractivity contribution in [3.63, 3.8) is 0 Å². The molecule has 3 aromatic rings. The molecule has 0 amide bonds. The molecule has 11 heteroatoms. The number of rotatable bonds is 3. The maximum atomic E-state index is 13.8. The largest absolute Gasteiger partial charge is 0.417 e. The number of aromatic amines is 1. The van der Waals surface area contributed by atoms with Gasteiger partial charge in [-0.15, -0.1) is 0 Å². The number of hydrogen-bond donors (Lipinski definition) is 3. The van der Waals surface area contributed by atoms with E-state index in [0.717, 1.165) is 13.0 Å². The number of alkyl halides is 3. The highest BCUT2D eigenvalue weighted by molar-refractivity contribution is 6.30. The third-order valence-corrected chi connectivity index (χ3v) is 6.41. The van der Waals surface area contributed by atoms with Gasteiger partial charge >= 0.3 is 6.18 Å². The lowest BCUT2D eigenvalue weighted by molar-refractivity contribution is -0.286. The van der Waals surface area contributed by atoms with E-state index in [0.29, 0.717) is 16.8 Å². The summed E-state index contributed by atoms with van der Waals surface area (Å²) in [6.45, 7) is 0.611. The molecule has 0 saturated carbocycles. The van der Waals surface area contributed by atoms with Gasteiger partial charge in [-0.05, 0) is 43.0 Å². The van der Waals surface area contributed by atoms with Crippen LogP contribution in [0.4, 0.5) is 17.6 Å². The van der Waals surface area contributed by atoms with E-state index in [1.807, 2.05) is 0 Å². The van der Waals surface area contributed by atoms with Crippen LogP contribution in [0.3, 0.4) is 0 Å². The van der Waals surface area contributed by atoms with Crippen molar-refractivity contribution < 1.29 is 27.4 Å². The Morgan fingerprint density at radius 2 is 2.03 bits per heavy atom. The number of H-pyrrole nitrogens is 1. The van der Waals surface area contributed by atoms with E-state index in [4.69, 9.17) is 22.1 Å². The summed E-state index contributed by atoms with van der Waals surface area (Å²) in [5.74, 6) is -2.18. The van der Waals surface area contributed by atoms with Gasteiger partial charge in [-0.3, -0.25) is 9.78 Å². The lowest BCUT2D eigenvalue weighted by Gasteiger charge is -2.43. The van der Waals surface area contributed by atoms with Gasteiger partial charge in [0, 0.05) is 23.9 Å². The number of nitrogens with two attached hydrogens (primary N) is 1. The Morgan fingerprint density at radius 3 is 2.67 bits per heavy atom. The number of nitrogens with one attached hydrogen (secondary N) is 1. The molecule has 2 aromatic heterocycles. The van der Waals surface area contributed by atoms with Crippen molar-refractivity contribution in [2.45, 2.75) is 43.2 Å². The molecule has 4 atom stereocenters. The fourth-order valence-electron chi connectivity index (χ4n) is 4.28. The number of benzene rings is 1. The van der Waals surface area contributed by atoms with E-state index in [-0.39, 0.29) is 22.7 Å². The Morgan fingerprint density at radius 1 is 1.30 bits per heavy atom. The van der Waals surface area contributed by atoms with Gasteiger partial charge in [-0.2, -0.15) is 13.2 Å². The lowest BCUT2D eigenvalue weighted by Crippen LogP contribution is -2.50. The number of fused-ring (bicyclic) bond motifs is 1. The molecule has 33 heavy (non-hydrogen) atoms. The van der Waals surface area contributed by atoms with Gasteiger partial charge in [0.1, 0.15) is 12.0 Å². The van der Waals surface area contributed by atoms with Crippen LogP contribution in [0, 0.1) is 5.82 Å². The lowest BCUT2D eigenvalue weighted by atomic mass is 9.74. The fourth-order valence-corrected chi connectivity index (χ4v) is 4.47. The molecule has 0 aliphatic carbocycles. The van der Waals surface area contributed by atoms with E-state index < -0.39 is 47.5 Å². The molecule has 1 unspecified atom stereocenters. The normalized spacial score (nSPS) is 24.7. The van der Waals surface area contributed by atoms with Crippen molar-refractivity contribution in [1.82, 2.24) is 9.97 Å². The first kappa shape index (κ1) is 23.6. The second kappa shape index (κ2) is 8.35. The summed E-state index contributed by atoms with van der Waals surface area (Å²) >= 11 is 5.91. The van der Waals surface area contributed by atoms with Crippen LogP contribution in [-0.4, -0.2) is 33.5 Å². The van der Waals surface area contributed by atoms with Gasteiger partial charge in [0.05, 0.1) is 28.2 Å². The van der Waals surface area contributed by atoms with Crippen LogP contribution in [0.25, 0.3) is 10.9 Å². The highest BCUT2D eigenvalue weighted by atomic mass is 35.5.